The highest BCUT2D eigenvalue weighted by Gasteiger charge is 2.64. The van der Waals surface area contributed by atoms with Crippen LogP contribution < -0.4 is 5.56 Å². The van der Waals surface area contributed by atoms with E-state index in [-0.39, 0.29) is 29.2 Å². The number of rotatable bonds is 7. The summed E-state index contributed by atoms with van der Waals surface area (Å²) in [5.74, 6) is 0.194. The Kier molecular flexibility index (Phi) is 6.30. The van der Waals surface area contributed by atoms with E-state index in [0.29, 0.717) is 24.7 Å². The van der Waals surface area contributed by atoms with E-state index < -0.39 is 26.5 Å². The molecule has 13 heteroatoms. The molecule has 4 aliphatic rings. The van der Waals surface area contributed by atoms with Crippen LogP contribution in [0.25, 0.3) is 11.2 Å². The van der Waals surface area contributed by atoms with Crippen molar-refractivity contribution in [2.24, 2.45) is 4.99 Å². The second-order valence-corrected chi connectivity index (χ2v) is 12.1. The van der Waals surface area contributed by atoms with Crippen LogP contribution in [0.15, 0.2) is 46.4 Å². The Morgan fingerprint density at radius 1 is 1.33 bits per heavy atom. The van der Waals surface area contributed by atoms with Gasteiger partial charge < -0.3 is 23.4 Å². The predicted octanol–water partition coefficient (Wildman–Crippen LogP) is 3.27. The van der Waals surface area contributed by atoms with Gasteiger partial charge in [-0.3, -0.25) is 14.3 Å². The number of nitrogens with zero attached hydrogens (tertiary/aromatic N) is 6. The van der Waals surface area contributed by atoms with Crippen LogP contribution in [0.3, 0.4) is 0 Å². The number of aromatic amines is 1. The Labute approximate surface area is 226 Å². The molecule has 6 heterocycles. The molecule has 0 radical (unpaired) electrons. The Balaban J connectivity index is 1.19. The summed E-state index contributed by atoms with van der Waals surface area (Å²) in [6, 6.07) is 10.7. The minimum absolute atomic E-state index is 0.0104. The Morgan fingerprint density at radius 2 is 2.18 bits per heavy atom. The van der Waals surface area contributed by atoms with Gasteiger partial charge in [0.25, 0.3) is 14.1 Å². The van der Waals surface area contributed by atoms with Crippen molar-refractivity contribution in [3.05, 3.63) is 52.6 Å². The van der Waals surface area contributed by atoms with Crippen LogP contribution in [-0.2, 0) is 18.5 Å². The molecule has 4 saturated heterocycles. The quantitative estimate of drug-likeness (QED) is 0.267. The topological polar surface area (TPSA) is 119 Å². The zero-order valence-electron chi connectivity index (χ0n) is 22.1. The van der Waals surface area contributed by atoms with Gasteiger partial charge in [0, 0.05) is 26.7 Å². The van der Waals surface area contributed by atoms with Crippen LogP contribution in [-0.4, -0.2) is 86.5 Å². The fraction of sp³-hybridized carbons (Fsp3) is 0.538. The average molecular weight is 554 g/mol. The third kappa shape index (κ3) is 4.13. The van der Waals surface area contributed by atoms with Gasteiger partial charge in [-0.2, -0.15) is 4.98 Å². The van der Waals surface area contributed by atoms with Crippen molar-refractivity contribution in [3.63, 3.8) is 0 Å². The van der Waals surface area contributed by atoms with E-state index in [1.807, 2.05) is 20.2 Å². The fourth-order valence-corrected chi connectivity index (χ4v) is 8.10. The molecule has 0 amide bonds. The summed E-state index contributed by atoms with van der Waals surface area (Å²) >= 11 is 0. The Hall–Kier alpha value is -2.73. The monoisotopic (exact) mass is 553 g/mol. The molecule has 12 nitrogen and oxygen atoms in total. The molecule has 2 aromatic heterocycles. The fourth-order valence-electron chi connectivity index (χ4n) is 6.06. The van der Waals surface area contributed by atoms with E-state index in [2.05, 4.69) is 55.8 Å². The molecule has 1 aromatic carbocycles. The maximum absolute atomic E-state index is 12.7. The summed E-state index contributed by atoms with van der Waals surface area (Å²) in [6.07, 6.45) is 4.79. The van der Waals surface area contributed by atoms with Crippen molar-refractivity contribution < 1.29 is 18.5 Å². The highest BCUT2D eigenvalue weighted by Crippen LogP contribution is 2.63. The molecular weight excluding hydrogens is 521 g/mol. The molecular formula is C26H32N7O5P. The summed E-state index contributed by atoms with van der Waals surface area (Å²) < 4.78 is 30.6. The lowest BCUT2D eigenvalue weighted by Gasteiger charge is -2.31. The molecule has 0 saturated carbocycles. The number of aromatic nitrogens is 4. The number of nitrogens with one attached hydrogen (secondary N) is 1. The molecule has 0 aliphatic carbocycles. The molecule has 4 fully saturated rings. The first kappa shape index (κ1) is 25.3. The van der Waals surface area contributed by atoms with Crippen LogP contribution in [0.5, 0.6) is 0 Å². The van der Waals surface area contributed by atoms with Gasteiger partial charge in [0.2, 0.25) is 5.95 Å². The second kappa shape index (κ2) is 9.72. The lowest BCUT2D eigenvalue weighted by molar-refractivity contribution is -0.172. The van der Waals surface area contributed by atoms with Crippen LogP contribution in [0.1, 0.15) is 44.1 Å². The van der Waals surface area contributed by atoms with Crippen LogP contribution in [0.4, 0.5) is 5.95 Å². The highest BCUT2D eigenvalue weighted by molar-refractivity contribution is 7.45. The maximum Gasteiger partial charge on any atom is 0.280 e. The molecule has 2 bridgehead atoms. The van der Waals surface area contributed by atoms with E-state index in [9.17, 15) is 4.79 Å². The number of hydrogen-bond donors (Lipinski definition) is 1. The van der Waals surface area contributed by atoms with E-state index >= 15 is 0 Å². The van der Waals surface area contributed by atoms with E-state index in [1.54, 1.807) is 22.1 Å². The molecule has 4 aliphatic heterocycles. The number of hydrogen-bond acceptors (Lipinski definition) is 9. The van der Waals surface area contributed by atoms with Gasteiger partial charge in [0.1, 0.15) is 23.9 Å². The standard InChI is InChI=1S/C26H32N7O5P/c1-4-26-13-35-20(21(26)38-39-33-12-8-11-17(33)19(37-39)16-9-6-5-7-10-16)24(36-26)32-15-27-18-22(32)29-25(30-23(18)34)28-14-31(2)3/h5-7,9-10,14-15,17,19-21,24H,4,8,11-13H2,1-3H3,(H,29,30,34)/t17-,19+,20-,21?,24+,26-,39+/m0/s1. The zero-order valence-corrected chi connectivity index (χ0v) is 23.0. The second-order valence-electron chi connectivity index (χ2n) is 10.7. The summed E-state index contributed by atoms with van der Waals surface area (Å²) in [7, 11) is 2.40. The van der Waals surface area contributed by atoms with Crippen LogP contribution in [0.2, 0.25) is 0 Å². The maximum atomic E-state index is 12.7. The number of H-pyrrole nitrogens is 1. The van der Waals surface area contributed by atoms with Crippen molar-refractivity contribution >= 4 is 32.0 Å². The third-order valence-corrected chi connectivity index (χ3v) is 9.77. The van der Waals surface area contributed by atoms with Gasteiger partial charge in [0.15, 0.2) is 17.4 Å². The number of fused-ring (bicyclic) bond motifs is 4. The van der Waals surface area contributed by atoms with Gasteiger partial charge in [-0.05, 0) is 24.8 Å². The first-order chi connectivity index (χ1) is 19.0. The van der Waals surface area contributed by atoms with Gasteiger partial charge in [-0.15, -0.1) is 0 Å². The summed E-state index contributed by atoms with van der Waals surface area (Å²) in [4.78, 5) is 30.3. The number of aliphatic imine (C=N–C) groups is 1. The van der Waals surface area contributed by atoms with Crippen molar-refractivity contribution in [2.75, 3.05) is 27.2 Å². The van der Waals surface area contributed by atoms with Crippen LogP contribution in [0, 0.1) is 0 Å². The van der Waals surface area contributed by atoms with Crippen molar-refractivity contribution in [3.8, 4) is 0 Å². The Morgan fingerprint density at radius 3 is 2.97 bits per heavy atom. The lowest BCUT2D eigenvalue weighted by Crippen LogP contribution is -2.41. The SMILES string of the molecule is CC[C@]12CO[C@@H](C1O[P@@]1O[C@H](c3ccccc3)[C@@H]3CCCN31)[C@H](n1cnc3c(=O)[nH]c(N=CN(C)C)nc31)O2. The molecule has 3 aromatic rings. The third-order valence-electron chi connectivity index (χ3n) is 8.04. The summed E-state index contributed by atoms with van der Waals surface area (Å²) in [5, 5.41) is 0. The van der Waals surface area contributed by atoms with Gasteiger partial charge in [-0.25, -0.2) is 14.6 Å². The molecule has 206 valence electrons. The van der Waals surface area contributed by atoms with Crippen molar-refractivity contribution in [1.82, 2.24) is 29.1 Å². The van der Waals surface area contributed by atoms with E-state index in [1.165, 1.54) is 5.56 Å². The Bertz CT molecular complexity index is 1450. The molecule has 1 unspecified atom stereocenters. The molecule has 7 rings (SSSR count). The van der Waals surface area contributed by atoms with Gasteiger partial charge in [-0.1, -0.05) is 37.3 Å². The van der Waals surface area contributed by atoms with Gasteiger partial charge >= 0.3 is 0 Å². The average Bonchev–Trinajstić information content (AvgIpc) is 3.75. The first-order valence-electron chi connectivity index (χ1n) is 13.4. The van der Waals surface area contributed by atoms with Crippen LogP contribution >= 0.6 is 8.53 Å². The number of benzene rings is 1. The lowest BCUT2D eigenvalue weighted by atomic mass is 9.96. The largest absolute Gasteiger partial charge is 0.369 e. The molecule has 1 N–H and O–H groups in total. The minimum atomic E-state index is -1.29. The van der Waals surface area contributed by atoms with E-state index in [0.717, 1.165) is 19.4 Å². The smallest absolute Gasteiger partial charge is 0.280 e. The van der Waals surface area contributed by atoms with Crippen molar-refractivity contribution in [2.45, 2.75) is 62.4 Å². The summed E-state index contributed by atoms with van der Waals surface area (Å²) in [6.45, 7) is 3.47. The number of ether oxygens (including phenoxy) is 2. The normalized spacial score (nSPS) is 34.0. The molecule has 0 spiro atoms. The van der Waals surface area contributed by atoms with Gasteiger partial charge in [0.05, 0.1) is 19.3 Å². The summed E-state index contributed by atoms with van der Waals surface area (Å²) in [5.41, 5.74) is 0.804. The minimum Gasteiger partial charge on any atom is -0.369 e. The predicted molar refractivity (Wildman–Crippen MR) is 145 cm³/mol. The molecule has 39 heavy (non-hydrogen) atoms. The van der Waals surface area contributed by atoms with Crippen molar-refractivity contribution in [1.29, 1.82) is 0 Å². The number of imidazole rings is 1. The molecule has 7 atom stereocenters. The first-order valence-corrected chi connectivity index (χ1v) is 14.5. The highest BCUT2D eigenvalue weighted by atomic mass is 31.2. The van der Waals surface area contributed by atoms with E-state index in [4.69, 9.17) is 18.5 Å². The zero-order chi connectivity index (χ0) is 26.7.